The van der Waals surface area contributed by atoms with Gasteiger partial charge < -0.3 is 19.0 Å². The number of fused-ring (bicyclic) bond motifs is 1. The van der Waals surface area contributed by atoms with Crippen LogP contribution in [0.15, 0.2) is 47.1 Å². The first-order valence-electron chi connectivity index (χ1n) is 9.08. The minimum Gasteiger partial charge on any atom is -0.486 e. The van der Waals surface area contributed by atoms with Gasteiger partial charge >= 0.3 is 0 Å². The van der Waals surface area contributed by atoms with Crippen molar-refractivity contribution in [2.45, 2.75) is 26.7 Å². The van der Waals surface area contributed by atoms with E-state index in [0.717, 1.165) is 23.8 Å². The van der Waals surface area contributed by atoms with E-state index in [1.165, 1.54) is 12.5 Å². The molecule has 0 saturated heterocycles. The van der Waals surface area contributed by atoms with Crippen LogP contribution in [0.4, 0.5) is 0 Å². The standard InChI is InChI=1S/C22H24O5/c1-15-18-10-13-26-20(18)22(21(27-14-11-23)19(15)16(2)24)25-12-6-9-17-7-4-3-5-8-17/h3-5,7-8,10,13,23H,6,9,11-12,14H2,1-2H3. The Bertz CT molecular complexity index is 911. The molecule has 0 aliphatic carbocycles. The van der Waals surface area contributed by atoms with Crippen molar-refractivity contribution in [3.63, 3.8) is 0 Å². The van der Waals surface area contributed by atoms with Crippen LogP contribution in [0.25, 0.3) is 11.0 Å². The van der Waals surface area contributed by atoms with Crippen molar-refractivity contribution in [3.8, 4) is 11.5 Å². The summed E-state index contributed by atoms with van der Waals surface area (Å²) in [5.41, 5.74) is 3.06. The topological polar surface area (TPSA) is 68.9 Å². The van der Waals surface area contributed by atoms with Crippen molar-refractivity contribution in [3.05, 3.63) is 59.4 Å². The number of hydrogen-bond acceptors (Lipinski definition) is 5. The van der Waals surface area contributed by atoms with Gasteiger partial charge in [0, 0.05) is 5.39 Å². The van der Waals surface area contributed by atoms with Gasteiger partial charge in [-0.15, -0.1) is 0 Å². The zero-order valence-electron chi connectivity index (χ0n) is 15.7. The molecule has 1 aromatic heterocycles. The molecule has 0 atom stereocenters. The van der Waals surface area contributed by atoms with Crippen LogP contribution in [0.2, 0.25) is 0 Å². The summed E-state index contributed by atoms with van der Waals surface area (Å²) >= 11 is 0. The molecule has 0 saturated carbocycles. The normalized spacial score (nSPS) is 10.9. The highest BCUT2D eigenvalue weighted by Gasteiger charge is 2.24. The number of furan rings is 1. The van der Waals surface area contributed by atoms with Gasteiger partial charge in [0.1, 0.15) is 6.61 Å². The van der Waals surface area contributed by atoms with Crippen LogP contribution in [0.3, 0.4) is 0 Å². The van der Waals surface area contributed by atoms with Gasteiger partial charge in [-0.3, -0.25) is 4.79 Å². The third-order valence-corrected chi connectivity index (χ3v) is 4.47. The SMILES string of the molecule is CC(=O)c1c(OCCO)c(OCCCc2ccccc2)c2occc2c1C. The molecule has 2 aromatic carbocycles. The highest BCUT2D eigenvalue weighted by Crippen LogP contribution is 2.42. The first kappa shape index (κ1) is 19.0. The van der Waals surface area contributed by atoms with E-state index in [0.29, 0.717) is 29.3 Å². The molecule has 0 amide bonds. The third kappa shape index (κ3) is 4.14. The number of ether oxygens (including phenoxy) is 2. The molecule has 5 heteroatoms. The Labute approximate surface area is 158 Å². The van der Waals surface area contributed by atoms with E-state index in [1.54, 1.807) is 6.26 Å². The first-order chi connectivity index (χ1) is 13.1. The van der Waals surface area contributed by atoms with Gasteiger partial charge in [0.25, 0.3) is 0 Å². The zero-order chi connectivity index (χ0) is 19.2. The molecule has 0 unspecified atom stereocenters. The lowest BCUT2D eigenvalue weighted by Gasteiger charge is -2.17. The number of aliphatic hydroxyl groups is 1. The van der Waals surface area contributed by atoms with Crippen LogP contribution in [0, 0.1) is 6.92 Å². The van der Waals surface area contributed by atoms with Crippen LogP contribution in [-0.4, -0.2) is 30.7 Å². The van der Waals surface area contributed by atoms with E-state index in [2.05, 4.69) is 12.1 Å². The van der Waals surface area contributed by atoms with E-state index >= 15 is 0 Å². The monoisotopic (exact) mass is 368 g/mol. The van der Waals surface area contributed by atoms with E-state index in [1.807, 2.05) is 31.2 Å². The number of hydrogen-bond donors (Lipinski definition) is 1. The number of Topliss-reactive ketones (excluding diaryl/α,β-unsaturated/α-hetero) is 1. The summed E-state index contributed by atoms with van der Waals surface area (Å²) in [6.45, 7) is 3.74. The molecule has 0 spiro atoms. The molecule has 5 nitrogen and oxygen atoms in total. The Kier molecular flexibility index (Phi) is 6.14. The molecule has 1 heterocycles. The van der Waals surface area contributed by atoms with Crippen LogP contribution < -0.4 is 9.47 Å². The fraction of sp³-hybridized carbons (Fsp3) is 0.318. The maximum absolute atomic E-state index is 12.3. The molecule has 3 aromatic rings. The number of benzene rings is 2. The Hall–Kier alpha value is -2.79. The van der Waals surface area contributed by atoms with Gasteiger partial charge in [-0.25, -0.2) is 0 Å². The number of ketones is 1. The fourth-order valence-electron chi connectivity index (χ4n) is 3.24. The first-order valence-corrected chi connectivity index (χ1v) is 9.08. The quantitative estimate of drug-likeness (QED) is 0.450. The summed E-state index contributed by atoms with van der Waals surface area (Å²) in [7, 11) is 0. The number of carbonyl (C=O) groups is 1. The number of carbonyl (C=O) groups excluding carboxylic acids is 1. The molecule has 0 aliphatic rings. The van der Waals surface area contributed by atoms with E-state index in [4.69, 9.17) is 19.0 Å². The van der Waals surface area contributed by atoms with E-state index in [-0.39, 0.29) is 19.0 Å². The molecule has 27 heavy (non-hydrogen) atoms. The minimum atomic E-state index is -0.153. The Morgan fingerprint density at radius 3 is 2.52 bits per heavy atom. The maximum Gasteiger partial charge on any atom is 0.205 e. The molecular weight excluding hydrogens is 344 g/mol. The molecule has 0 fully saturated rings. The van der Waals surface area contributed by atoms with Crippen LogP contribution in [0.1, 0.15) is 34.8 Å². The smallest absolute Gasteiger partial charge is 0.205 e. The molecule has 1 N–H and O–H groups in total. The van der Waals surface area contributed by atoms with Crippen LogP contribution in [-0.2, 0) is 6.42 Å². The lowest BCUT2D eigenvalue weighted by atomic mass is 9.99. The fourth-order valence-corrected chi connectivity index (χ4v) is 3.24. The average Bonchev–Trinajstić information content (AvgIpc) is 3.15. The summed E-state index contributed by atoms with van der Waals surface area (Å²) in [6.07, 6.45) is 3.28. The second-order valence-corrected chi connectivity index (χ2v) is 6.39. The zero-order valence-corrected chi connectivity index (χ0v) is 15.7. The van der Waals surface area contributed by atoms with Gasteiger partial charge in [-0.05, 0) is 43.9 Å². The summed E-state index contributed by atoms with van der Waals surface area (Å²) in [6, 6.07) is 12.0. The van der Waals surface area contributed by atoms with Crippen molar-refractivity contribution in [1.82, 2.24) is 0 Å². The Morgan fingerprint density at radius 1 is 1.07 bits per heavy atom. The summed E-state index contributed by atoms with van der Waals surface area (Å²) in [5, 5.41) is 9.98. The molecule has 0 bridgehead atoms. The van der Waals surface area contributed by atoms with Crippen molar-refractivity contribution >= 4 is 16.8 Å². The van der Waals surface area contributed by atoms with Gasteiger partial charge in [0.2, 0.25) is 5.75 Å². The van der Waals surface area contributed by atoms with Crippen LogP contribution >= 0.6 is 0 Å². The van der Waals surface area contributed by atoms with Crippen molar-refractivity contribution in [2.75, 3.05) is 19.8 Å². The van der Waals surface area contributed by atoms with Gasteiger partial charge in [-0.1, -0.05) is 30.3 Å². The van der Waals surface area contributed by atoms with E-state index < -0.39 is 0 Å². The minimum absolute atomic E-state index is 0.0757. The van der Waals surface area contributed by atoms with Gasteiger partial charge in [0.15, 0.2) is 17.1 Å². The van der Waals surface area contributed by atoms with Crippen LogP contribution in [0.5, 0.6) is 11.5 Å². The number of aliphatic hydroxyl groups excluding tert-OH is 1. The van der Waals surface area contributed by atoms with Gasteiger partial charge in [-0.2, -0.15) is 0 Å². The third-order valence-electron chi connectivity index (χ3n) is 4.47. The highest BCUT2D eigenvalue weighted by atomic mass is 16.5. The van der Waals surface area contributed by atoms with E-state index in [9.17, 15) is 4.79 Å². The maximum atomic E-state index is 12.3. The molecular formula is C22H24O5. The lowest BCUT2D eigenvalue weighted by Crippen LogP contribution is -2.10. The average molecular weight is 368 g/mol. The predicted molar refractivity (Wildman–Crippen MR) is 104 cm³/mol. The highest BCUT2D eigenvalue weighted by molar-refractivity contribution is 6.05. The predicted octanol–water partition coefficient (Wildman–Crippen LogP) is 4.33. The van der Waals surface area contributed by atoms with Gasteiger partial charge in [0.05, 0.1) is 25.0 Å². The van der Waals surface area contributed by atoms with Crippen molar-refractivity contribution < 1.29 is 23.8 Å². The van der Waals surface area contributed by atoms with Crippen molar-refractivity contribution in [1.29, 1.82) is 0 Å². The summed E-state index contributed by atoms with van der Waals surface area (Å²) < 4.78 is 17.3. The largest absolute Gasteiger partial charge is 0.486 e. The second kappa shape index (κ2) is 8.73. The summed E-state index contributed by atoms with van der Waals surface area (Å²) in [4.78, 5) is 12.3. The molecule has 0 aliphatic heterocycles. The Balaban J connectivity index is 1.88. The Morgan fingerprint density at radius 2 is 1.81 bits per heavy atom. The molecule has 3 rings (SSSR count). The molecule has 142 valence electrons. The number of aryl methyl sites for hydroxylation is 2. The second-order valence-electron chi connectivity index (χ2n) is 6.39. The van der Waals surface area contributed by atoms with Crippen molar-refractivity contribution in [2.24, 2.45) is 0 Å². The lowest BCUT2D eigenvalue weighted by molar-refractivity contribution is 0.101. The number of rotatable bonds is 9. The summed E-state index contributed by atoms with van der Waals surface area (Å²) in [5.74, 6) is 0.654. The molecule has 0 radical (unpaired) electrons.